The predicted octanol–water partition coefficient (Wildman–Crippen LogP) is 4.78. The number of nitrogens with one attached hydrogen (secondary N) is 1. The molecule has 0 bridgehead atoms. The van der Waals surface area contributed by atoms with Crippen LogP contribution in [0.4, 0.5) is 4.39 Å². The van der Waals surface area contributed by atoms with Gasteiger partial charge in [0.25, 0.3) is 0 Å². The highest BCUT2D eigenvalue weighted by atomic mass is 32.1. The molecule has 0 aliphatic heterocycles. The van der Waals surface area contributed by atoms with Gasteiger partial charge in [0.05, 0.1) is 0 Å². The molecule has 1 nitrogen and oxygen atoms in total. The van der Waals surface area contributed by atoms with Gasteiger partial charge < -0.3 is 5.32 Å². The highest BCUT2D eigenvalue weighted by molar-refractivity contribution is 7.07. The minimum atomic E-state index is -0.176. The van der Waals surface area contributed by atoms with E-state index in [0.717, 1.165) is 19.4 Å². The standard InChI is InChI=1S/C18H24FNS/c1-4-10-20-17(12-14-9-11-21-13-14)18(2,3)15-5-7-16(19)8-6-15/h5-9,11,13,17,20H,4,10,12H2,1-3H3. The lowest BCUT2D eigenvalue weighted by molar-refractivity contribution is 0.337. The molecular formula is C18H24FNS. The first-order valence-electron chi connectivity index (χ1n) is 7.54. The van der Waals surface area contributed by atoms with Crippen LogP contribution in [0.15, 0.2) is 41.1 Å². The third-order valence-corrected chi connectivity index (χ3v) is 4.85. The largest absolute Gasteiger partial charge is 0.313 e. The molecule has 3 heteroatoms. The molecule has 0 radical (unpaired) electrons. The fourth-order valence-corrected chi connectivity index (χ4v) is 3.31. The van der Waals surface area contributed by atoms with Crippen molar-refractivity contribution < 1.29 is 4.39 Å². The summed E-state index contributed by atoms with van der Waals surface area (Å²) >= 11 is 1.74. The van der Waals surface area contributed by atoms with E-state index in [1.165, 1.54) is 11.1 Å². The molecule has 1 unspecified atom stereocenters. The Kier molecular flexibility index (Phi) is 5.54. The second-order valence-electron chi connectivity index (χ2n) is 6.07. The summed E-state index contributed by atoms with van der Waals surface area (Å²) in [7, 11) is 0. The molecule has 0 aliphatic carbocycles. The van der Waals surface area contributed by atoms with Gasteiger partial charge in [-0.25, -0.2) is 4.39 Å². The Labute approximate surface area is 131 Å². The molecule has 1 heterocycles. The lowest BCUT2D eigenvalue weighted by Crippen LogP contribution is -2.46. The summed E-state index contributed by atoms with van der Waals surface area (Å²) < 4.78 is 13.2. The Bertz CT molecular complexity index is 531. The predicted molar refractivity (Wildman–Crippen MR) is 89.5 cm³/mol. The van der Waals surface area contributed by atoms with E-state index < -0.39 is 0 Å². The minimum absolute atomic E-state index is 0.0508. The summed E-state index contributed by atoms with van der Waals surface area (Å²) in [5.74, 6) is -0.176. The first-order chi connectivity index (χ1) is 10.0. The lowest BCUT2D eigenvalue weighted by Gasteiger charge is -2.36. The van der Waals surface area contributed by atoms with Crippen LogP contribution in [0.3, 0.4) is 0 Å². The third kappa shape index (κ3) is 4.14. The molecule has 114 valence electrons. The average Bonchev–Trinajstić information content (AvgIpc) is 2.96. The van der Waals surface area contributed by atoms with E-state index in [-0.39, 0.29) is 11.2 Å². The van der Waals surface area contributed by atoms with E-state index in [1.54, 1.807) is 23.5 Å². The zero-order valence-corrected chi connectivity index (χ0v) is 13.8. The molecule has 1 aromatic heterocycles. The van der Waals surface area contributed by atoms with Crippen molar-refractivity contribution in [2.45, 2.75) is 45.1 Å². The Morgan fingerprint density at radius 1 is 1.19 bits per heavy atom. The topological polar surface area (TPSA) is 12.0 Å². The van der Waals surface area contributed by atoms with Crippen molar-refractivity contribution in [3.8, 4) is 0 Å². The van der Waals surface area contributed by atoms with Crippen molar-refractivity contribution in [3.05, 3.63) is 58.0 Å². The van der Waals surface area contributed by atoms with Gasteiger partial charge in [-0.1, -0.05) is 32.9 Å². The van der Waals surface area contributed by atoms with Gasteiger partial charge in [-0.15, -0.1) is 0 Å². The highest BCUT2D eigenvalue weighted by Gasteiger charge is 2.31. The van der Waals surface area contributed by atoms with Crippen LogP contribution < -0.4 is 5.32 Å². The molecule has 1 atom stereocenters. The van der Waals surface area contributed by atoms with Crippen molar-refractivity contribution in [1.29, 1.82) is 0 Å². The second kappa shape index (κ2) is 7.19. The quantitative estimate of drug-likeness (QED) is 0.776. The van der Waals surface area contributed by atoms with Crippen LogP contribution in [0.5, 0.6) is 0 Å². The summed E-state index contributed by atoms with van der Waals surface area (Å²) in [5.41, 5.74) is 2.49. The van der Waals surface area contributed by atoms with Gasteiger partial charge in [-0.3, -0.25) is 0 Å². The molecule has 1 N–H and O–H groups in total. The zero-order valence-electron chi connectivity index (χ0n) is 13.0. The summed E-state index contributed by atoms with van der Waals surface area (Å²) in [5, 5.41) is 8.00. The number of hydrogen-bond acceptors (Lipinski definition) is 2. The van der Waals surface area contributed by atoms with Crippen molar-refractivity contribution in [2.24, 2.45) is 0 Å². The van der Waals surface area contributed by atoms with Gasteiger partial charge >= 0.3 is 0 Å². The van der Waals surface area contributed by atoms with Gasteiger partial charge in [0, 0.05) is 11.5 Å². The smallest absolute Gasteiger partial charge is 0.123 e. The maximum Gasteiger partial charge on any atom is 0.123 e. The van der Waals surface area contributed by atoms with Gasteiger partial charge in [-0.2, -0.15) is 11.3 Å². The number of rotatable bonds is 7. The van der Waals surface area contributed by atoms with Crippen LogP contribution in [0, 0.1) is 5.82 Å². The first-order valence-corrected chi connectivity index (χ1v) is 8.49. The van der Waals surface area contributed by atoms with E-state index in [0.29, 0.717) is 6.04 Å². The summed E-state index contributed by atoms with van der Waals surface area (Å²) in [6.07, 6.45) is 2.10. The van der Waals surface area contributed by atoms with Gasteiger partial charge in [0.2, 0.25) is 0 Å². The molecule has 0 amide bonds. The van der Waals surface area contributed by atoms with Crippen LogP contribution in [-0.2, 0) is 11.8 Å². The average molecular weight is 305 g/mol. The number of hydrogen-bond donors (Lipinski definition) is 1. The normalized spacial score (nSPS) is 13.3. The Balaban J connectivity index is 2.22. The summed E-state index contributed by atoms with van der Waals surface area (Å²) in [6, 6.07) is 9.44. The molecule has 0 fully saturated rings. The Morgan fingerprint density at radius 3 is 2.48 bits per heavy atom. The maximum atomic E-state index is 13.2. The van der Waals surface area contributed by atoms with Crippen molar-refractivity contribution in [3.63, 3.8) is 0 Å². The fraction of sp³-hybridized carbons (Fsp3) is 0.444. The molecule has 0 saturated carbocycles. The maximum absolute atomic E-state index is 13.2. The summed E-state index contributed by atoms with van der Waals surface area (Å²) in [6.45, 7) is 7.65. The fourth-order valence-electron chi connectivity index (χ4n) is 2.63. The molecule has 2 aromatic rings. The van der Waals surface area contributed by atoms with E-state index in [9.17, 15) is 4.39 Å². The van der Waals surface area contributed by atoms with E-state index >= 15 is 0 Å². The van der Waals surface area contributed by atoms with E-state index in [4.69, 9.17) is 0 Å². The van der Waals surface area contributed by atoms with E-state index in [1.807, 2.05) is 12.1 Å². The van der Waals surface area contributed by atoms with Crippen molar-refractivity contribution in [1.82, 2.24) is 5.32 Å². The van der Waals surface area contributed by atoms with Crippen LogP contribution in [0.2, 0.25) is 0 Å². The number of thiophene rings is 1. The van der Waals surface area contributed by atoms with Crippen LogP contribution in [0.25, 0.3) is 0 Å². The molecule has 0 aliphatic rings. The monoisotopic (exact) mass is 305 g/mol. The van der Waals surface area contributed by atoms with Crippen molar-refractivity contribution >= 4 is 11.3 Å². The second-order valence-corrected chi connectivity index (χ2v) is 6.85. The third-order valence-electron chi connectivity index (χ3n) is 4.12. The number of halogens is 1. The molecule has 2 rings (SSSR count). The molecule has 21 heavy (non-hydrogen) atoms. The van der Waals surface area contributed by atoms with Crippen LogP contribution in [-0.4, -0.2) is 12.6 Å². The number of benzene rings is 1. The molecular weight excluding hydrogens is 281 g/mol. The highest BCUT2D eigenvalue weighted by Crippen LogP contribution is 2.30. The zero-order chi connectivity index (χ0) is 15.3. The van der Waals surface area contributed by atoms with Crippen LogP contribution in [0.1, 0.15) is 38.3 Å². The Morgan fingerprint density at radius 2 is 1.90 bits per heavy atom. The van der Waals surface area contributed by atoms with Gasteiger partial charge in [0.15, 0.2) is 0 Å². The van der Waals surface area contributed by atoms with Crippen molar-refractivity contribution in [2.75, 3.05) is 6.54 Å². The van der Waals surface area contributed by atoms with E-state index in [2.05, 4.69) is 42.9 Å². The summed E-state index contributed by atoms with van der Waals surface area (Å²) in [4.78, 5) is 0. The molecule has 0 saturated heterocycles. The lowest BCUT2D eigenvalue weighted by atomic mass is 9.75. The first kappa shape index (κ1) is 16.2. The van der Waals surface area contributed by atoms with Gasteiger partial charge in [-0.05, 0) is 59.5 Å². The SMILES string of the molecule is CCCNC(Cc1ccsc1)C(C)(C)c1ccc(F)cc1. The Hall–Kier alpha value is -1.19. The minimum Gasteiger partial charge on any atom is -0.313 e. The molecule has 0 spiro atoms. The van der Waals surface area contributed by atoms with Crippen LogP contribution >= 0.6 is 11.3 Å². The van der Waals surface area contributed by atoms with Gasteiger partial charge in [0.1, 0.15) is 5.82 Å². The molecule has 1 aromatic carbocycles.